The van der Waals surface area contributed by atoms with Crippen LogP contribution < -0.4 is 15.5 Å². The number of anilines is 3. The number of amides is 2. The van der Waals surface area contributed by atoms with Crippen LogP contribution in [-0.2, 0) is 27.7 Å². The second-order valence-electron chi connectivity index (χ2n) is 14.3. The number of aryl methyl sites for hydroxylation is 2. The summed E-state index contributed by atoms with van der Waals surface area (Å²) in [7, 11) is -4.01. The van der Waals surface area contributed by atoms with Gasteiger partial charge in [-0.1, -0.05) is 25.1 Å². The van der Waals surface area contributed by atoms with Crippen molar-refractivity contribution in [1.29, 1.82) is 0 Å². The van der Waals surface area contributed by atoms with E-state index in [-0.39, 0.29) is 143 Å². The predicted molar refractivity (Wildman–Crippen MR) is 227 cm³/mol. The van der Waals surface area contributed by atoms with Gasteiger partial charge < -0.3 is 25.7 Å². The summed E-state index contributed by atoms with van der Waals surface area (Å²) in [5, 5.41) is 24.3. The number of piperidine rings is 1. The summed E-state index contributed by atoms with van der Waals surface area (Å²) in [6, 6.07) is 21.0. The molecule has 0 unspecified atom stereocenters. The molecule has 298 valence electrons. The molecule has 4 N–H and O–H groups in total. The molecule has 2 fully saturated rings. The Morgan fingerprint density at radius 1 is 0.793 bits per heavy atom. The Bertz CT molecular complexity index is 2170. The monoisotopic (exact) mass is 861 g/mol. The Labute approximate surface area is 424 Å². The van der Waals surface area contributed by atoms with Gasteiger partial charge in [-0.2, -0.15) is 4.31 Å². The number of rotatable bonds is 14. The molecule has 16 heteroatoms. The number of aromatic carboxylic acids is 1. The molecule has 1 aliphatic carbocycles. The first-order valence-electron chi connectivity index (χ1n) is 19.1. The Hall–Kier alpha value is -2.33. The van der Waals surface area contributed by atoms with Crippen LogP contribution in [-0.4, -0.2) is 180 Å². The van der Waals surface area contributed by atoms with Gasteiger partial charge in [0.15, 0.2) is 0 Å². The topological polar surface area (TPSA) is 186 Å². The van der Waals surface area contributed by atoms with Crippen molar-refractivity contribution in [3.63, 3.8) is 0 Å². The minimum atomic E-state index is -4.01. The van der Waals surface area contributed by atoms with Crippen molar-refractivity contribution in [2.24, 2.45) is 5.92 Å². The number of aliphatic carboxylic acids is 1. The average molecular weight is 862 g/mol. The van der Waals surface area contributed by atoms with Gasteiger partial charge in [0, 0.05) is 42.6 Å². The molecule has 0 bridgehead atoms. The number of aromatic nitrogens is 1. The van der Waals surface area contributed by atoms with Crippen molar-refractivity contribution in [3.05, 3.63) is 113 Å². The van der Waals surface area contributed by atoms with Crippen LogP contribution in [0.15, 0.2) is 90.0 Å². The van der Waals surface area contributed by atoms with E-state index in [2.05, 4.69) is 20.5 Å². The Kier molecular flexibility index (Phi) is 18.7. The molecule has 0 radical (unpaired) electrons. The van der Waals surface area contributed by atoms with Gasteiger partial charge >= 0.3 is 115 Å². The molecule has 4 aromatic rings. The Morgan fingerprint density at radius 3 is 2.12 bits per heavy atom. The summed E-state index contributed by atoms with van der Waals surface area (Å²) in [5.74, 6) is -3.36. The van der Waals surface area contributed by atoms with E-state index >= 15 is 0 Å². The van der Waals surface area contributed by atoms with Gasteiger partial charge in [-0.15, -0.1) is 0 Å². The summed E-state index contributed by atoms with van der Waals surface area (Å²) < 4.78 is 29.1. The molecule has 0 atom stereocenters. The van der Waals surface area contributed by atoms with Crippen LogP contribution in [0.4, 0.5) is 17.1 Å². The van der Waals surface area contributed by atoms with E-state index in [9.17, 15) is 32.7 Å². The van der Waals surface area contributed by atoms with E-state index in [0.29, 0.717) is 44.2 Å². The number of carbonyl (C=O) groups excluding carboxylic acids is 2. The van der Waals surface area contributed by atoms with Gasteiger partial charge in [0.25, 0.3) is 11.8 Å². The number of carboxylic acids is 2. The number of carbonyl (C=O) groups is 4. The molecule has 6 rings (SSSR count). The van der Waals surface area contributed by atoms with Crippen molar-refractivity contribution in [1.82, 2.24) is 9.29 Å². The Balaban J connectivity index is 0.00000372. The van der Waals surface area contributed by atoms with E-state index in [1.807, 2.05) is 12.1 Å². The summed E-state index contributed by atoms with van der Waals surface area (Å²) in [5.41, 5.74) is 3.89. The summed E-state index contributed by atoms with van der Waals surface area (Å²) in [6.45, 7) is 3.64. The van der Waals surface area contributed by atoms with Gasteiger partial charge in [-0.3, -0.25) is 19.4 Å². The maximum atomic E-state index is 13.9. The van der Waals surface area contributed by atoms with Crippen molar-refractivity contribution in [3.8, 4) is 0 Å². The first kappa shape index (κ1) is 48.3. The van der Waals surface area contributed by atoms with E-state index in [4.69, 9.17) is 5.11 Å². The van der Waals surface area contributed by atoms with Crippen molar-refractivity contribution >= 4 is 154 Å². The molecule has 2 heterocycles. The second-order valence-corrected chi connectivity index (χ2v) is 16.2. The van der Waals surface area contributed by atoms with Gasteiger partial charge in [-0.25, -0.2) is 13.2 Å². The van der Waals surface area contributed by atoms with Gasteiger partial charge in [-0.05, 0) is 124 Å². The van der Waals surface area contributed by atoms with Crippen LogP contribution in [0.5, 0.6) is 0 Å². The molecular weight excluding hydrogens is 813 g/mol. The summed E-state index contributed by atoms with van der Waals surface area (Å²) >= 11 is 0. The molecule has 1 saturated heterocycles. The number of hydrogen-bond donors (Lipinski definition) is 4. The van der Waals surface area contributed by atoms with E-state index in [1.54, 1.807) is 55.6 Å². The summed E-state index contributed by atoms with van der Waals surface area (Å²) in [6.07, 6.45) is 7.71. The van der Waals surface area contributed by atoms with Crippen molar-refractivity contribution in [2.75, 3.05) is 35.2 Å². The summed E-state index contributed by atoms with van der Waals surface area (Å²) in [4.78, 5) is 56.9. The SMILES string of the molecule is CCN(C1CCC(C(=O)O)CC1)S(=O)(=O)c1cccc(C(=O)Nc2ccc(N3CCCCC3)cc2C(=O)Nc2ccc(CCc3ccc(C(=O)O)cc3)nc2)c1.[KH].[KH]. The average Bonchev–Trinajstić information content (AvgIpc) is 3.21. The first-order chi connectivity index (χ1) is 26.9. The number of nitrogens with zero attached hydrogens (tertiary/aromatic N) is 3. The van der Waals surface area contributed by atoms with Crippen molar-refractivity contribution < 1.29 is 37.8 Å². The first-order valence-corrected chi connectivity index (χ1v) is 20.5. The Morgan fingerprint density at radius 2 is 1.50 bits per heavy atom. The van der Waals surface area contributed by atoms with Crippen LogP contribution >= 0.6 is 0 Å². The zero-order valence-corrected chi connectivity index (χ0v) is 32.1. The van der Waals surface area contributed by atoms with E-state index in [1.165, 1.54) is 28.6 Å². The fourth-order valence-corrected chi connectivity index (χ4v) is 9.21. The molecule has 3 aromatic carbocycles. The molecule has 13 nitrogen and oxygen atoms in total. The van der Waals surface area contributed by atoms with Crippen LogP contribution in [0, 0.1) is 5.92 Å². The standard InChI is InChI=1S/C42H47N5O8S.2K.2H/c1-2-47(34-19-14-30(15-20-34)42(52)53)56(54,55)36-8-6-7-31(25-36)39(48)45-38-22-21-35(46-23-4-3-5-24-46)26-37(38)40(49)44-33-18-17-32(43-27-33)16-11-28-9-12-29(13-10-28)41(50)51;;;;/h6-10,12-13,17-18,21-22,25-27,30,34H,2-5,11,14-16,19-20,23-24H2,1H3,(H,44,49)(H,45,48)(H,50,51)(H,52,53);;;;. The molecule has 1 aromatic heterocycles. The number of nitrogens with one attached hydrogen (secondary N) is 2. The maximum absolute atomic E-state index is 13.9. The fourth-order valence-electron chi connectivity index (χ4n) is 7.47. The number of sulfonamides is 1. The van der Waals surface area contributed by atoms with Crippen LogP contribution in [0.25, 0.3) is 0 Å². The number of benzene rings is 3. The van der Waals surface area contributed by atoms with Gasteiger partial charge in [0.1, 0.15) is 0 Å². The number of carboxylic acid groups (broad SMARTS) is 2. The van der Waals surface area contributed by atoms with Crippen LogP contribution in [0.2, 0.25) is 0 Å². The third kappa shape index (κ3) is 12.4. The van der Waals surface area contributed by atoms with Gasteiger partial charge in [0.05, 0.1) is 39.5 Å². The fraction of sp³-hybridized carbons (Fsp3) is 0.357. The van der Waals surface area contributed by atoms with Crippen LogP contribution in [0.3, 0.4) is 0 Å². The molecule has 58 heavy (non-hydrogen) atoms. The molecular formula is C42H49K2N5O8S. The van der Waals surface area contributed by atoms with Gasteiger partial charge in [0.2, 0.25) is 10.0 Å². The van der Waals surface area contributed by atoms with E-state index in [0.717, 1.165) is 49.3 Å². The minimum absolute atomic E-state index is 0. The molecule has 2 aliphatic rings. The van der Waals surface area contributed by atoms with Crippen LogP contribution in [0.1, 0.15) is 94.2 Å². The quantitative estimate of drug-likeness (QED) is 0.119. The normalized spacial score (nSPS) is 16.7. The second kappa shape index (κ2) is 22.5. The third-order valence-corrected chi connectivity index (χ3v) is 12.7. The molecule has 2 amide bonds. The number of hydrogen-bond acceptors (Lipinski definition) is 8. The molecule has 1 aliphatic heterocycles. The third-order valence-electron chi connectivity index (χ3n) is 10.6. The zero-order chi connectivity index (χ0) is 39.8. The van der Waals surface area contributed by atoms with E-state index < -0.39 is 39.7 Å². The zero-order valence-electron chi connectivity index (χ0n) is 31.3. The molecule has 1 saturated carbocycles. The van der Waals surface area contributed by atoms with Crippen molar-refractivity contribution in [2.45, 2.75) is 75.6 Å². The number of pyridine rings is 1. The predicted octanol–water partition coefficient (Wildman–Crippen LogP) is 5.42. The molecule has 0 spiro atoms.